The van der Waals surface area contributed by atoms with Gasteiger partial charge in [0.2, 0.25) is 0 Å². The molecule has 0 aromatic rings. The van der Waals surface area contributed by atoms with Crippen molar-refractivity contribution in [1.82, 2.24) is 0 Å². The highest BCUT2D eigenvalue weighted by Gasteiger charge is 2.19. The third-order valence-corrected chi connectivity index (χ3v) is 11.8. The van der Waals surface area contributed by atoms with E-state index in [1.807, 2.05) is 0 Å². The lowest BCUT2D eigenvalue weighted by Gasteiger charge is -2.18. The van der Waals surface area contributed by atoms with Gasteiger partial charge in [0, 0.05) is 19.3 Å². The van der Waals surface area contributed by atoms with Crippen molar-refractivity contribution in [3.05, 3.63) is 0 Å². The first-order chi connectivity index (χ1) is 28.4. The van der Waals surface area contributed by atoms with Crippen molar-refractivity contribution in [2.75, 3.05) is 13.2 Å². The number of ether oxygens (including phenoxy) is 3. The van der Waals surface area contributed by atoms with E-state index in [0.717, 1.165) is 63.7 Å². The Morgan fingerprint density at radius 2 is 0.569 bits per heavy atom. The average molecular weight is 821 g/mol. The maximum absolute atomic E-state index is 12.8. The molecule has 6 nitrogen and oxygen atoms in total. The largest absolute Gasteiger partial charge is 0.462 e. The quantitative estimate of drug-likeness (QED) is 0.0346. The van der Waals surface area contributed by atoms with E-state index >= 15 is 0 Å². The van der Waals surface area contributed by atoms with Crippen molar-refractivity contribution in [2.24, 2.45) is 5.92 Å². The molecule has 0 aromatic heterocycles. The fourth-order valence-electron chi connectivity index (χ4n) is 7.86. The molecule has 0 spiro atoms. The van der Waals surface area contributed by atoms with Gasteiger partial charge >= 0.3 is 17.9 Å². The van der Waals surface area contributed by atoms with Gasteiger partial charge < -0.3 is 14.2 Å². The molecule has 0 N–H and O–H groups in total. The van der Waals surface area contributed by atoms with Crippen molar-refractivity contribution < 1.29 is 28.6 Å². The van der Waals surface area contributed by atoms with E-state index in [1.165, 1.54) is 186 Å². The summed E-state index contributed by atoms with van der Waals surface area (Å²) >= 11 is 0. The first-order valence-corrected chi connectivity index (χ1v) is 25.9. The highest BCUT2D eigenvalue weighted by atomic mass is 16.6. The minimum absolute atomic E-state index is 0.0628. The summed E-state index contributed by atoms with van der Waals surface area (Å²) in [6.45, 7) is 9.02. The smallest absolute Gasteiger partial charge is 0.306 e. The van der Waals surface area contributed by atoms with Crippen LogP contribution in [0.15, 0.2) is 0 Å². The van der Waals surface area contributed by atoms with Gasteiger partial charge in [0.1, 0.15) is 13.2 Å². The average Bonchev–Trinajstić information content (AvgIpc) is 3.21. The fourth-order valence-corrected chi connectivity index (χ4v) is 7.86. The minimum atomic E-state index is -0.760. The summed E-state index contributed by atoms with van der Waals surface area (Å²) in [5.41, 5.74) is 0. The monoisotopic (exact) mass is 821 g/mol. The van der Waals surface area contributed by atoms with Crippen LogP contribution >= 0.6 is 0 Å². The first-order valence-electron chi connectivity index (χ1n) is 25.9. The van der Waals surface area contributed by atoms with Crippen molar-refractivity contribution in [3.8, 4) is 0 Å². The van der Waals surface area contributed by atoms with Gasteiger partial charge in [-0.1, -0.05) is 252 Å². The molecule has 0 aromatic carbocycles. The van der Waals surface area contributed by atoms with Crippen LogP contribution in [0, 0.1) is 5.92 Å². The third kappa shape index (κ3) is 45.5. The second-order valence-corrected chi connectivity index (χ2v) is 18.3. The molecule has 0 bridgehead atoms. The number of rotatable bonds is 47. The summed E-state index contributed by atoms with van der Waals surface area (Å²) in [5.74, 6) is -0.00662. The summed E-state index contributed by atoms with van der Waals surface area (Å²) in [5, 5.41) is 0. The maximum Gasteiger partial charge on any atom is 0.306 e. The van der Waals surface area contributed by atoms with E-state index < -0.39 is 6.10 Å². The molecule has 0 aliphatic rings. The second-order valence-electron chi connectivity index (χ2n) is 18.3. The third-order valence-electron chi connectivity index (χ3n) is 11.8. The Morgan fingerprint density at radius 1 is 0.328 bits per heavy atom. The highest BCUT2D eigenvalue weighted by Crippen LogP contribution is 2.17. The van der Waals surface area contributed by atoms with Crippen molar-refractivity contribution >= 4 is 17.9 Å². The van der Waals surface area contributed by atoms with E-state index in [-0.39, 0.29) is 31.1 Å². The summed E-state index contributed by atoms with van der Waals surface area (Å²) in [4.78, 5) is 37.9. The van der Waals surface area contributed by atoms with Gasteiger partial charge in [-0.05, 0) is 25.2 Å². The van der Waals surface area contributed by atoms with Crippen LogP contribution in [-0.2, 0) is 28.6 Å². The number of hydrogen-bond acceptors (Lipinski definition) is 6. The molecule has 0 aliphatic heterocycles. The van der Waals surface area contributed by atoms with Crippen LogP contribution in [0.5, 0.6) is 0 Å². The first kappa shape index (κ1) is 56.4. The van der Waals surface area contributed by atoms with E-state index in [0.29, 0.717) is 19.3 Å². The number of hydrogen-bond donors (Lipinski definition) is 0. The Morgan fingerprint density at radius 3 is 0.845 bits per heavy atom. The van der Waals surface area contributed by atoms with Crippen LogP contribution in [0.4, 0.5) is 0 Å². The molecule has 0 rings (SSSR count). The Balaban J connectivity index is 4.26. The van der Waals surface area contributed by atoms with Crippen LogP contribution in [0.3, 0.4) is 0 Å². The molecule has 0 fully saturated rings. The van der Waals surface area contributed by atoms with E-state index in [2.05, 4.69) is 27.7 Å². The van der Waals surface area contributed by atoms with Gasteiger partial charge in [-0.2, -0.15) is 0 Å². The highest BCUT2D eigenvalue weighted by molar-refractivity contribution is 5.71. The van der Waals surface area contributed by atoms with Gasteiger partial charge in [0.05, 0.1) is 0 Å². The second kappa shape index (κ2) is 46.5. The lowest BCUT2D eigenvalue weighted by atomic mass is 10.0. The van der Waals surface area contributed by atoms with Gasteiger partial charge in [-0.3, -0.25) is 14.4 Å². The summed E-state index contributed by atoms with van der Waals surface area (Å²) in [6, 6.07) is 0. The SMILES string of the molecule is CCCCCCCCCCCCCCCCCC(=O)O[C@H](COC(=O)CCCCCCCCCCC)COC(=O)CCCCCCCCCCCCCCCC(C)C. The molecule has 1 atom stereocenters. The van der Waals surface area contributed by atoms with E-state index in [9.17, 15) is 14.4 Å². The molecule has 0 unspecified atom stereocenters. The van der Waals surface area contributed by atoms with E-state index in [1.54, 1.807) is 0 Å². The molecule has 58 heavy (non-hydrogen) atoms. The predicted molar refractivity (Wildman–Crippen MR) is 247 cm³/mol. The zero-order valence-electron chi connectivity index (χ0n) is 39.5. The lowest BCUT2D eigenvalue weighted by Crippen LogP contribution is -2.30. The van der Waals surface area contributed by atoms with Crippen LogP contribution < -0.4 is 0 Å². The number of unbranched alkanes of at least 4 members (excludes halogenated alkanes) is 34. The molecule has 6 heteroatoms. The molecule has 0 aliphatic carbocycles. The van der Waals surface area contributed by atoms with E-state index in [4.69, 9.17) is 14.2 Å². The minimum Gasteiger partial charge on any atom is -0.462 e. The molecule has 0 amide bonds. The number of esters is 3. The summed E-state index contributed by atoms with van der Waals surface area (Å²) < 4.78 is 16.8. The van der Waals surface area contributed by atoms with Gasteiger partial charge in [0.25, 0.3) is 0 Å². The van der Waals surface area contributed by atoms with Crippen molar-refractivity contribution in [2.45, 2.75) is 297 Å². The summed E-state index contributed by atoms with van der Waals surface area (Å²) in [7, 11) is 0. The Kier molecular flexibility index (Phi) is 45.2. The Hall–Kier alpha value is -1.59. The molecule has 344 valence electrons. The van der Waals surface area contributed by atoms with Gasteiger partial charge in [-0.15, -0.1) is 0 Å². The molecule has 0 radical (unpaired) electrons. The van der Waals surface area contributed by atoms with Crippen molar-refractivity contribution in [3.63, 3.8) is 0 Å². The molecule has 0 saturated carbocycles. The summed E-state index contributed by atoms with van der Waals surface area (Å²) in [6.07, 6.45) is 48.0. The zero-order valence-corrected chi connectivity index (χ0v) is 39.5. The predicted octanol–water partition coefficient (Wildman–Crippen LogP) is 16.7. The number of carbonyl (C=O) groups excluding carboxylic acids is 3. The fraction of sp³-hybridized carbons (Fsp3) is 0.942. The molecular weight excluding hydrogens is 721 g/mol. The standard InChI is InChI=1S/C52H100O6/c1-5-7-9-11-13-15-16-17-18-21-25-29-33-37-41-45-52(55)58-49(46-56-50(53)43-39-35-31-26-14-12-10-8-6-2)47-57-51(54)44-40-36-32-28-24-22-19-20-23-27-30-34-38-42-48(3)4/h48-49H,5-47H2,1-4H3/t49-/m1/s1. The lowest BCUT2D eigenvalue weighted by molar-refractivity contribution is -0.167. The molecular formula is C52H100O6. The van der Waals surface area contributed by atoms with Gasteiger partial charge in [0.15, 0.2) is 6.10 Å². The van der Waals surface area contributed by atoms with Crippen LogP contribution in [0.25, 0.3) is 0 Å². The Bertz CT molecular complexity index is 872. The molecule has 0 heterocycles. The normalized spacial score (nSPS) is 11.9. The van der Waals surface area contributed by atoms with Crippen LogP contribution in [0.1, 0.15) is 291 Å². The zero-order chi connectivity index (χ0) is 42.4. The van der Waals surface area contributed by atoms with Gasteiger partial charge in [-0.25, -0.2) is 0 Å². The van der Waals surface area contributed by atoms with Crippen LogP contribution in [-0.4, -0.2) is 37.2 Å². The molecule has 0 saturated heterocycles. The topological polar surface area (TPSA) is 78.9 Å². The number of carbonyl (C=O) groups is 3. The Labute approximate surface area is 361 Å². The van der Waals surface area contributed by atoms with Crippen LogP contribution in [0.2, 0.25) is 0 Å². The van der Waals surface area contributed by atoms with Crippen molar-refractivity contribution in [1.29, 1.82) is 0 Å². The maximum atomic E-state index is 12.8.